The van der Waals surface area contributed by atoms with Crippen molar-refractivity contribution in [2.24, 2.45) is 10.9 Å². The Hall–Kier alpha value is -2.03. The van der Waals surface area contributed by atoms with Gasteiger partial charge in [-0.05, 0) is 33.1 Å². The third-order valence-electron chi connectivity index (χ3n) is 3.89. The minimum absolute atomic E-state index is 0.0345. The first-order valence-corrected chi connectivity index (χ1v) is 9.67. The lowest BCUT2D eigenvalue weighted by molar-refractivity contribution is -0.120. The first-order chi connectivity index (χ1) is 13.0. The van der Waals surface area contributed by atoms with Gasteiger partial charge in [0, 0.05) is 40.3 Å². The molecular weight excluding hydrogens is 362 g/mol. The fourth-order valence-electron chi connectivity index (χ4n) is 2.37. The van der Waals surface area contributed by atoms with E-state index in [1.165, 1.54) is 0 Å². The Balaban J connectivity index is 4.51. The van der Waals surface area contributed by atoms with Crippen LogP contribution in [0.4, 0.5) is 4.79 Å². The number of rotatable bonds is 10. The lowest BCUT2D eigenvalue weighted by Crippen LogP contribution is -2.47. The largest absolute Gasteiger partial charge is 0.444 e. The number of hydrogen-bond acceptors (Lipinski definition) is 5. The standard InChI is InChI=1S/C19H39N5O4/c1-14(2)15(23-18(26)28-19(3,4)5)9-11-24(7)17(20-6)22-13-16(25)21-10-12-27-8/h14-15H,9-13H2,1-8H3,(H,20,22)(H,21,25)(H,23,26). The highest BCUT2D eigenvalue weighted by atomic mass is 16.6. The first-order valence-electron chi connectivity index (χ1n) is 9.67. The second kappa shape index (κ2) is 13.2. The SMILES string of the molecule is CN=C(NCC(=O)NCCOC)N(C)CCC(NC(=O)OC(C)(C)C)C(C)C. The summed E-state index contributed by atoms with van der Waals surface area (Å²) in [5.74, 6) is 0.738. The number of hydrogen-bond donors (Lipinski definition) is 3. The van der Waals surface area contributed by atoms with E-state index in [1.807, 2.05) is 32.7 Å². The van der Waals surface area contributed by atoms with Crippen molar-refractivity contribution >= 4 is 18.0 Å². The number of nitrogens with zero attached hydrogens (tertiary/aromatic N) is 2. The number of carbonyl (C=O) groups excluding carboxylic acids is 2. The highest BCUT2D eigenvalue weighted by Crippen LogP contribution is 2.11. The molecule has 0 aliphatic carbocycles. The summed E-state index contributed by atoms with van der Waals surface area (Å²) in [6.45, 7) is 11.4. The van der Waals surface area contributed by atoms with Crippen molar-refractivity contribution in [2.45, 2.75) is 52.7 Å². The van der Waals surface area contributed by atoms with Gasteiger partial charge in [-0.3, -0.25) is 9.79 Å². The number of nitrogens with one attached hydrogen (secondary N) is 3. The molecule has 0 aliphatic rings. The molecule has 0 fully saturated rings. The van der Waals surface area contributed by atoms with E-state index in [2.05, 4.69) is 34.8 Å². The number of guanidine groups is 1. The van der Waals surface area contributed by atoms with Gasteiger partial charge in [0.15, 0.2) is 5.96 Å². The number of carbonyl (C=O) groups is 2. The molecule has 0 radical (unpaired) electrons. The molecule has 9 heteroatoms. The van der Waals surface area contributed by atoms with Gasteiger partial charge in [0.2, 0.25) is 5.91 Å². The van der Waals surface area contributed by atoms with Gasteiger partial charge in [-0.15, -0.1) is 0 Å². The van der Waals surface area contributed by atoms with Crippen LogP contribution in [0.25, 0.3) is 0 Å². The molecule has 0 aromatic carbocycles. The molecule has 0 heterocycles. The highest BCUT2D eigenvalue weighted by molar-refractivity contribution is 5.86. The van der Waals surface area contributed by atoms with Crippen LogP contribution in [0.3, 0.4) is 0 Å². The molecule has 3 N–H and O–H groups in total. The molecule has 0 aromatic rings. The van der Waals surface area contributed by atoms with Gasteiger partial charge in [-0.25, -0.2) is 4.79 Å². The van der Waals surface area contributed by atoms with Gasteiger partial charge < -0.3 is 30.3 Å². The number of alkyl carbamates (subject to hydrolysis) is 1. The molecule has 164 valence electrons. The maximum atomic E-state index is 12.1. The van der Waals surface area contributed by atoms with Crippen LogP contribution in [0.1, 0.15) is 41.0 Å². The summed E-state index contributed by atoms with van der Waals surface area (Å²) in [5, 5.41) is 8.72. The molecular formula is C19H39N5O4. The van der Waals surface area contributed by atoms with Crippen molar-refractivity contribution < 1.29 is 19.1 Å². The summed E-state index contributed by atoms with van der Waals surface area (Å²) in [7, 11) is 5.15. The van der Waals surface area contributed by atoms with E-state index >= 15 is 0 Å². The zero-order valence-electron chi connectivity index (χ0n) is 18.7. The molecule has 0 spiro atoms. The fourth-order valence-corrected chi connectivity index (χ4v) is 2.37. The second-order valence-corrected chi connectivity index (χ2v) is 7.95. The Kier molecular flexibility index (Phi) is 12.2. The van der Waals surface area contributed by atoms with Crippen LogP contribution in [-0.4, -0.2) is 81.9 Å². The number of amides is 2. The normalized spacial score (nSPS) is 13.1. The maximum Gasteiger partial charge on any atom is 0.407 e. The summed E-state index contributed by atoms with van der Waals surface area (Å²) in [5.41, 5.74) is -0.530. The van der Waals surface area contributed by atoms with Crippen LogP contribution in [0, 0.1) is 5.92 Å². The van der Waals surface area contributed by atoms with Gasteiger partial charge in [0.05, 0.1) is 13.2 Å². The van der Waals surface area contributed by atoms with Crippen molar-refractivity contribution in [1.82, 2.24) is 20.9 Å². The van der Waals surface area contributed by atoms with Gasteiger partial charge >= 0.3 is 6.09 Å². The molecule has 0 aliphatic heterocycles. The number of methoxy groups -OCH3 is 1. The topological polar surface area (TPSA) is 104 Å². The Labute approximate surface area is 169 Å². The quantitative estimate of drug-likeness (QED) is 0.289. The zero-order valence-corrected chi connectivity index (χ0v) is 18.7. The highest BCUT2D eigenvalue weighted by Gasteiger charge is 2.22. The fraction of sp³-hybridized carbons (Fsp3) is 0.842. The molecule has 2 amide bonds. The van der Waals surface area contributed by atoms with E-state index in [-0.39, 0.29) is 24.4 Å². The van der Waals surface area contributed by atoms with Crippen LogP contribution in [-0.2, 0) is 14.3 Å². The van der Waals surface area contributed by atoms with E-state index < -0.39 is 11.7 Å². The molecule has 1 unspecified atom stereocenters. The van der Waals surface area contributed by atoms with E-state index in [0.717, 1.165) is 0 Å². The Bertz CT molecular complexity index is 503. The monoisotopic (exact) mass is 401 g/mol. The molecule has 0 aromatic heterocycles. The molecule has 0 bridgehead atoms. The summed E-state index contributed by atoms with van der Waals surface area (Å²) in [6, 6.07) is -0.0345. The van der Waals surface area contributed by atoms with Crippen LogP contribution in [0.15, 0.2) is 4.99 Å². The molecule has 1 atom stereocenters. The summed E-state index contributed by atoms with van der Waals surface area (Å²) < 4.78 is 10.2. The molecule has 28 heavy (non-hydrogen) atoms. The molecule has 0 saturated carbocycles. The lowest BCUT2D eigenvalue weighted by atomic mass is 10.0. The second-order valence-electron chi connectivity index (χ2n) is 7.95. The minimum atomic E-state index is -0.530. The van der Waals surface area contributed by atoms with Crippen LogP contribution in [0.5, 0.6) is 0 Å². The van der Waals surface area contributed by atoms with Crippen molar-refractivity contribution in [3.8, 4) is 0 Å². The van der Waals surface area contributed by atoms with Gasteiger partial charge in [-0.2, -0.15) is 0 Å². The van der Waals surface area contributed by atoms with E-state index in [9.17, 15) is 9.59 Å². The van der Waals surface area contributed by atoms with Gasteiger partial charge in [0.1, 0.15) is 5.60 Å². The van der Waals surface area contributed by atoms with Crippen molar-refractivity contribution in [2.75, 3.05) is 47.4 Å². The van der Waals surface area contributed by atoms with Gasteiger partial charge in [0.25, 0.3) is 0 Å². The average molecular weight is 402 g/mol. The Morgan fingerprint density at radius 2 is 1.82 bits per heavy atom. The molecule has 0 saturated heterocycles. The molecule has 9 nitrogen and oxygen atoms in total. The van der Waals surface area contributed by atoms with E-state index in [1.54, 1.807) is 14.2 Å². The minimum Gasteiger partial charge on any atom is -0.444 e. The van der Waals surface area contributed by atoms with Crippen molar-refractivity contribution in [1.29, 1.82) is 0 Å². The summed E-state index contributed by atoms with van der Waals surface area (Å²) >= 11 is 0. The average Bonchev–Trinajstić information content (AvgIpc) is 2.57. The lowest BCUT2D eigenvalue weighted by Gasteiger charge is -2.28. The smallest absolute Gasteiger partial charge is 0.407 e. The summed E-state index contributed by atoms with van der Waals surface area (Å²) in [6.07, 6.45) is 0.304. The third kappa shape index (κ3) is 12.4. The van der Waals surface area contributed by atoms with Crippen LogP contribution in [0.2, 0.25) is 0 Å². The Morgan fingerprint density at radius 1 is 1.18 bits per heavy atom. The molecule has 0 rings (SSSR count). The van der Waals surface area contributed by atoms with Crippen molar-refractivity contribution in [3.05, 3.63) is 0 Å². The van der Waals surface area contributed by atoms with E-state index in [4.69, 9.17) is 9.47 Å². The van der Waals surface area contributed by atoms with Gasteiger partial charge in [-0.1, -0.05) is 13.8 Å². The number of ether oxygens (including phenoxy) is 2. The van der Waals surface area contributed by atoms with E-state index in [0.29, 0.717) is 32.1 Å². The number of aliphatic imine (C=N–C) groups is 1. The van der Waals surface area contributed by atoms with Crippen LogP contribution < -0.4 is 16.0 Å². The predicted molar refractivity (Wildman–Crippen MR) is 111 cm³/mol. The predicted octanol–water partition coefficient (Wildman–Crippen LogP) is 1.20. The Morgan fingerprint density at radius 3 is 2.32 bits per heavy atom. The zero-order chi connectivity index (χ0) is 21.7. The van der Waals surface area contributed by atoms with Crippen molar-refractivity contribution in [3.63, 3.8) is 0 Å². The van der Waals surface area contributed by atoms with Crippen LogP contribution >= 0.6 is 0 Å². The summed E-state index contributed by atoms with van der Waals surface area (Å²) in [4.78, 5) is 30.0. The third-order valence-corrected chi connectivity index (χ3v) is 3.89. The maximum absolute atomic E-state index is 12.1. The first kappa shape index (κ1) is 26.0.